The maximum absolute atomic E-state index is 13.1. The molecule has 1 N–H and O–H groups in total. The fraction of sp³-hybridized carbons (Fsp3) is 0.154. The zero-order valence-corrected chi connectivity index (χ0v) is 9.24. The number of hydrogen-bond donors (Lipinski definition) is 1. The highest BCUT2D eigenvalue weighted by atomic mass is 19.1. The molecule has 3 nitrogen and oxygen atoms in total. The van der Waals surface area contributed by atoms with Crippen LogP contribution in [0.2, 0.25) is 0 Å². The Hall–Kier alpha value is -2.10. The Morgan fingerprint density at radius 1 is 1.47 bits per heavy atom. The van der Waals surface area contributed by atoms with Crippen LogP contribution in [0.15, 0.2) is 34.9 Å². The summed E-state index contributed by atoms with van der Waals surface area (Å²) in [4.78, 5) is 11.2. The van der Waals surface area contributed by atoms with Crippen molar-refractivity contribution < 1.29 is 18.7 Å². The SMILES string of the molecule is CCc1occ(-c2cccc(F)c2)c1C(=O)O. The number of rotatable bonds is 3. The molecule has 17 heavy (non-hydrogen) atoms. The third-order valence-electron chi connectivity index (χ3n) is 2.54. The largest absolute Gasteiger partial charge is 0.478 e. The average Bonchev–Trinajstić information content (AvgIpc) is 2.72. The van der Waals surface area contributed by atoms with Gasteiger partial charge < -0.3 is 9.52 Å². The molecule has 0 aliphatic heterocycles. The van der Waals surface area contributed by atoms with E-state index in [0.717, 1.165) is 0 Å². The van der Waals surface area contributed by atoms with Crippen LogP contribution in [-0.2, 0) is 6.42 Å². The van der Waals surface area contributed by atoms with Gasteiger partial charge in [0.15, 0.2) is 0 Å². The Morgan fingerprint density at radius 3 is 2.82 bits per heavy atom. The molecule has 0 radical (unpaired) electrons. The predicted molar refractivity (Wildman–Crippen MR) is 60.4 cm³/mol. The quantitative estimate of drug-likeness (QED) is 0.885. The molecular weight excluding hydrogens is 223 g/mol. The summed E-state index contributed by atoms with van der Waals surface area (Å²) >= 11 is 0. The predicted octanol–water partition coefficient (Wildman–Crippen LogP) is 3.35. The first-order chi connectivity index (χ1) is 8.13. The maximum atomic E-state index is 13.1. The van der Waals surface area contributed by atoms with Gasteiger partial charge in [0.2, 0.25) is 0 Å². The minimum Gasteiger partial charge on any atom is -0.478 e. The van der Waals surface area contributed by atoms with Crippen molar-refractivity contribution in [2.75, 3.05) is 0 Å². The number of aromatic carboxylic acids is 1. The Kier molecular flexibility index (Phi) is 2.95. The van der Waals surface area contributed by atoms with Crippen LogP contribution < -0.4 is 0 Å². The monoisotopic (exact) mass is 234 g/mol. The average molecular weight is 234 g/mol. The lowest BCUT2D eigenvalue weighted by molar-refractivity contribution is 0.0695. The van der Waals surface area contributed by atoms with Crippen molar-refractivity contribution in [3.63, 3.8) is 0 Å². The molecule has 0 atom stereocenters. The van der Waals surface area contributed by atoms with E-state index in [1.807, 2.05) is 0 Å². The normalized spacial score (nSPS) is 10.5. The topological polar surface area (TPSA) is 50.4 Å². The first-order valence-electron chi connectivity index (χ1n) is 5.23. The molecule has 0 saturated carbocycles. The van der Waals surface area contributed by atoms with E-state index < -0.39 is 11.8 Å². The van der Waals surface area contributed by atoms with Crippen molar-refractivity contribution >= 4 is 5.97 Å². The van der Waals surface area contributed by atoms with E-state index in [1.54, 1.807) is 13.0 Å². The summed E-state index contributed by atoms with van der Waals surface area (Å²) < 4.78 is 18.3. The van der Waals surface area contributed by atoms with Crippen LogP contribution >= 0.6 is 0 Å². The van der Waals surface area contributed by atoms with Crippen molar-refractivity contribution in [1.82, 2.24) is 0 Å². The van der Waals surface area contributed by atoms with E-state index >= 15 is 0 Å². The molecule has 0 saturated heterocycles. The van der Waals surface area contributed by atoms with Gasteiger partial charge in [0, 0.05) is 12.0 Å². The Labute approximate surface area is 97.5 Å². The minimum absolute atomic E-state index is 0.109. The number of carbonyl (C=O) groups is 1. The van der Waals surface area contributed by atoms with Crippen LogP contribution in [0.5, 0.6) is 0 Å². The van der Waals surface area contributed by atoms with Crippen molar-refractivity contribution in [1.29, 1.82) is 0 Å². The molecule has 1 aromatic heterocycles. The van der Waals surface area contributed by atoms with Crippen LogP contribution in [0.4, 0.5) is 4.39 Å². The molecular formula is C13H11FO3. The molecule has 0 bridgehead atoms. The highest BCUT2D eigenvalue weighted by Gasteiger charge is 2.20. The zero-order chi connectivity index (χ0) is 12.4. The van der Waals surface area contributed by atoms with Crippen LogP contribution in [0.25, 0.3) is 11.1 Å². The van der Waals surface area contributed by atoms with E-state index in [4.69, 9.17) is 9.52 Å². The number of carboxylic acids is 1. The molecule has 0 spiro atoms. The second-order valence-electron chi connectivity index (χ2n) is 3.62. The van der Waals surface area contributed by atoms with Gasteiger partial charge in [-0.05, 0) is 17.7 Å². The number of hydrogen-bond acceptors (Lipinski definition) is 2. The van der Waals surface area contributed by atoms with Gasteiger partial charge in [-0.25, -0.2) is 9.18 Å². The molecule has 0 amide bonds. The fourth-order valence-electron chi connectivity index (χ4n) is 1.76. The Balaban J connectivity index is 2.60. The molecule has 0 unspecified atom stereocenters. The van der Waals surface area contributed by atoms with Gasteiger partial charge in [-0.3, -0.25) is 0 Å². The van der Waals surface area contributed by atoms with Gasteiger partial charge in [0.05, 0.1) is 6.26 Å². The molecule has 1 heterocycles. The molecule has 88 valence electrons. The van der Waals surface area contributed by atoms with E-state index in [1.165, 1.54) is 24.5 Å². The van der Waals surface area contributed by atoms with Crippen molar-refractivity contribution in [3.05, 3.63) is 47.7 Å². The fourth-order valence-corrected chi connectivity index (χ4v) is 1.76. The third-order valence-corrected chi connectivity index (χ3v) is 2.54. The van der Waals surface area contributed by atoms with E-state index in [-0.39, 0.29) is 5.56 Å². The molecule has 0 aliphatic rings. The number of aryl methyl sites for hydroxylation is 1. The highest BCUT2D eigenvalue weighted by Crippen LogP contribution is 2.29. The smallest absolute Gasteiger partial charge is 0.339 e. The lowest BCUT2D eigenvalue weighted by atomic mass is 10.0. The van der Waals surface area contributed by atoms with Gasteiger partial charge in [-0.2, -0.15) is 0 Å². The first kappa shape index (κ1) is 11.4. The highest BCUT2D eigenvalue weighted by molar-refractivity contribution is 5.97. The van der Waals surface area contributed by atoms with E-state index in [9.17, 15) is 9.18 Å². The van der Waals surface area contributed by atoms with E-state index in [2.05, 4.69) is 0 Å². The van der Waals surface area contributed by atoms with E-state index in [0.29, 0.717) is 23.3 Å². The van der Waals surface area contributed by atoms with Gasteiger partial charge in [0.25, 0.3) is 0 Å². The van der Waals surface area contributed by atoms with Gasteiger partial charge >= 0.3 is 5.97 Å². The number of benzene rings is 1. The summed E-state index contributed by atoms with van der Waals surface area (Å²) in [5.74, 6) is -1.07. The number of halogens is 1. The van der Waals surface area contributed by atoms with Gasteiger partial charge in [-0.1, -0.05) is 19.1 Å². The molecule has 2 rings (SSSR count). The molecule has 4 heteroatoms. The maximum Gasteiger partial charge on any atom is 0.339 e. The van der Waals surface area contributed by atoms with Gasteiger partial charge in [-0.15, -0.1) is 0 Å². The minimum atomic E-state index is -1.06. The van der Waals surface area contributed by atoms with Crippen molar-refractivity contribution in [3.8, 4) is 11.1 Å². The summed E-state index contributed by atoms with van der Waals surface area (Å²) in [6.07, 6.45) is 1.84. The molecule has 0 fully saturated rings. The standard InChI is InChI=1S/C13H11FO3/c1-2-11-12(13(15)16)10(7-17-11)8-4-3-5-9(14)6-8/h3-7H,2H2,1H3,(H,15,16). The summed E-state index contributed by atoms with van der Waals surface area (Å²) in [7, 11) is 0. The zero-order valence-electron chi connectivity index (χ0n) is 9.24. The lowest BCUT2D eigenvalue weighted by Crippen LogP contribution is -2.00. The lowest BCUT2D eigenvalue weighted by Gasteiger charge is -2.00. The van der Waals surface area contributed by atoms with Crippen LogP contribution in [0, 0.1) is 5.82 Å². The number of carboxylic acid groups (broad SMARTS) is 1. The summed E-state index contributed by atoms with van der Waals surface area (Å²) in [6.45, 7) is 1.81. The first-order valence-corrected chi connectivity index (χ1v) is 5.23. The third kappa shape index (κ3) is 2.06. The summed E-state index contributed by atoms with van der Waals surface area (Å²) in [5.41, 5.74) is 1.03. The van der Waals surface area contributed by atoms with Gasteiger partial charge in [0.1, 0.15) is 17.1 Å². The molecule has 0 aliphatic carbocycles. The Morgan fingerprint density at radius 2 is 2.24 bits per heavy atom. The number of furan rings is 1. The van der Waals surface area contributed by atoms with Crippen molar-refractivity contribution in [2.24, 2.45) is 0 Å². The van der Waals surface area contributed by atoms with Crippen LogP contribution in [0.1, 0.15) is 23.0 Å². The van der Waals surface area contributed by atoms with Crippen LogP contribution in [-0.4, -0.2) is 11.1 Å². The summed E-state index contributed by atoms with van der Waals surface area (Å²) in [5, 5.41) is 9.14. The van der Waals surface area contributed by atoms with Crippen LogP contribution in [0.3, 0.4) is 0 Å². The second kappa shape index (κ2) is 4.41. The van der Waals surface area contributed by atoms with Crippen molar-refractivity contribution in [2.45, 2.75) is 13.3 Å². The second-order valence-corrected chi connectivity index (χ2v) is 3.62. The molecule has 1 aromatic carbocycles. The summed E-state index contributed by atoms with van der Waals surface area (Å²) in [6, 6.07) is 5.79. The molecule has 2 aromatic rings. The Bertz CT molecular complexity index is 558.